The van der Waals surface area contributed by atoms with Crippen molar-refractivity contribution in [1.82, 2.24) is 0 Å². The molecule has 1 atom stereocenters. The van der Waals surface area contributed by atoms with Crippen LogP contribution in [0.15, 0.2) is 59.5 Å². The van der Waals surface area contributed by atoms with Crippen molar-refractivity contribution in [2.75, 3.05) is 12.3 Å². The lowest BCUT2D eigenvalue weighted by atomic mass is 10.0. The average molecular weight is 293 g/mol. The maximum atomic E-state index is 13.6. The number of benzene rings is 2. The summed E-state index contributed by atoms with van der Waals surface area (Å²) in [6.45, 7) is 0.192. The van der Waals surface area contributed by atoms with E-state index in [1.165, 1.54) is 18.2 Å². The van der Waals surface area contributed by atoms with Crippen molar-refractivity contribution in [3.05, 3.63) is 66.0 Å². The van der Waals surface area contributed by atoms with Crippen LogP contribution in [0.2, 0.25) is 0 Å². The molecule has 2 aromatic carbocycles. The molecule has 20 heavy (non-hydrogen) atoms. The minimum Gasteiger partial charge on any atom is -0.330 e. The van der Waals surface area contributed by atoms with Gasteiger partial charge in [0.25, 0.3) is 0 Å². The molecule has 3 nitrogen and oxygen atoms in total. The molecule has 0 aliphatic carbocycles. The van der Waals surface area contributed by atoms with E-state index in [4.69, 9.17) is 5.73 Å². The second kappa shape index (κ2) is 6.15. The van der Waals surface area contributed by atoms with Gasteiger partial charge in [0.1, 0.15) is 10.7 Å². The molecule has 0 aliphatic heterocycles. The maximum absolute atomic E-state index is 13.6. The van der Waals surface area contributed by atoms with Crippen LogP contribution >= 0.6 is 0 Å². The normalized spacial score (nSPS) is 13.1. The highest BCUT2D eigenvalue weighted by atomic mass is 32.2. The highest BCUT2D eigenvalue weighted by molar-refractivity contribution is 7.91. The molecule has 0 fully saturated rings. The second-order valence-corrected chi connectivity index (χ2v) is 6.56. The molecular formula is C15H16FNO2S. The van der Waals surface area contributed by atoms with E-state index in [2.05, 4.69) is 0 Å². The number of rotatable bonds is 5. The van der Waals surface area contributed by atoms with Crippen LogP contribution in [0.3, 0.4) is 0 Å². The van der Waals surface area contributed by atoms with E-state index < -0.39 is 15.7 Å². The molecule has 0 spiro atoms. The van der Waals surface area contributed by atoms with E-state index >= 15 is 0 Å². The van der Waals surface area contributed by atoms with Gasteiger partial charge in [0.05, 0.1) is 5.75 Å². The topological polar surface area (TPSA) is 60.2 Å². The van der Waals surface area contributed by atoms with E-state index in [9.17, 15) is 12.8 Å². The Morgan fingerprint density at radius 3 is 2.20 bits per heavy atom. The van der Waals surface area contributed by atoms with Crippen molar-refractivity contribution in [3.8, 4) is 0 Å². The molecule has 0 amide bonds. The molecule has 2 N–H and O–H groups in total. The summed E-state index contributed by atoms with van der Waals surface area (Å²) in [6.07, 6.45) is 0. The summed E-state index contributed by atoms with van der Waals surface area (Å²) in [5.74, 6) is -1.27. The highest BCUT2D eigenvalue weighted by Gasteiger charge is 2.24. The van der Waals surface area contributed by atoms with Gasteiger partial charge in [-0.15, -0.1) is 0 Å². The summed E-state index contributed by atoms with van der Waals surface area (Å²) in [5, 5.41) is 0. The summed E-state index contributed by atoms with van der Waals surface area (Å²) in [4.78, 5) is -0.269. The SMILES string of the molecule is NCC(CS(=O)(=O)c1ccccc1F)c1ccccc1. The number of sulfone groups is 1. The Morgan fingerprint density at radius 1 is 1.00 bits per heavy atom. The standard InChI is InChI=1S/C15H16FNO2S/c16-14-8-4-5-9-15(14)20(18,19)11-13(10-17)12-6-2-1-3-7-12/h1-9,13H,10-11,17H2. The fourth-order valence-corrected chi connectivity index (χ4v) is 3.77. The average Bonchev–Trinajstić information content (AvgIpc) is 2.46. The minimum atomic E-state index is -3.71. The Balaban J connectivity index is 2.30. The van der Waals surface area contributed by atoms with Crippen LogP contribution < -0.4 is 5.73 Å². The molecule has 0 saturated heterocycles. The summed E-state index contributed by atoms with van der Waals surface area (Å²) in [7, 11) is -3.71. The summed E-state index contributed by atoms with van der Waals surface area (Å²) < 4.78 is 38.2. The van der Waals surface area contributed by atoms with Crippen molar-refractivity contribution in [3.63, 3.8) is 0 Å². The van der Waals surface area contributed by atoms with Crippen LogP contribution in [0.5, 0.6) is 0 Å². The first-order valence-corrected chi connectivity index (χ1v) is 7.92. The lowest BCUT2D eigenvalue weighted by Gasteiger charge is -2.15. The molecule has 0 aromatic heterocycles. The third-order valence-corrected chi connectivity index (χ3v) is 4.99. The lowest BCUT2D eigenvalue weighted by molar-refractivity contribution is 0.562. The number of hydrogen-bond donors (Lipinski definition) is 1. The summed E-state index contributed by atoms with van der Waals surface area (Å²) in [5.41, 5.74) is 6.51. The van der Waals surface area contributed by atoms with Crippen LogP contribution in [0.25, 0.3) is 0 Å². The van der Waals surface area contributed by atoms with Crippen molar-refractivity contribution >= 4 is 9.84 Å². The zero-order valence-corrected chi connectivity index (χ0v) is 11.7. The fraction of sp³-hybridized carbons (Fsp3) is 0.200. The van der Waals surface area contributed by atoms with Crippen LogP contribution in [0.4, 0.5) is 4.39 Å². The lowest BCUT2D eigenvalue weighted by Crippen LogP contribution is -2.22. The predicted octanol–water partition coefficient (Wildman–Crippen LogP) is 2.34. The Morgan fingerprint density at radius 2 is 1.60 bits per heavy atom. The smallest absolute Gasteiger partial charge is 0.181 e. The molecule has 5 heteroatoms. The molecule has 106 valence electrons. The molecule has 0 radical (unpaired) electrons. The molecule has 0 aliphatic rings. The number of nitrogens with two attached hydrogens (primary N) is 1. The second-order valence-electron chi connectivity index (χ2n) is 4.56. The van der Waals surface area contributed by atoms with Crippen LogP contribution in [0.1, 0.15) is 11.5 Å². The molecule has 2 aromatic rings. The van der Waals surface area contributed by atoms with Gasteiger partial charge in [-0.1, -0.05) is 42.5 Å². The molecule has 0 heterocycles. The van der Waals surface area contributed by atoms with Gasteiger partial charge in [-0.2, -0.15) is 0 Å². The van der Waals surface area contributed by atoms with Crippen LogP contribution in [-0.4, -0.2) is 20.7 Å². The third-order valence-electron chi connectivity index (χ3n) is 3.15. The van der Waals surface area contributed by atoms with E-state index in [1.54, 1.807) is 0 Å². The van der Waals surface area contributed by atoms with Crippen molar-refractivity contribution in [2.45, 2.75) is 10.8 Å². The van der Waals surface area contributed by atoms with Gasteiger partial charge in [0.15, 0.2) is 9.84 Å². The Labute approximate surface area is 118 Å². The monoisotopic (exact) mass is 293 g/mol. The first-order chi connectivity index (χ1) is 9.54. The van der Waals surface area contributed by atoms with E-state index in [0.29, 0.717) is 0 Å². The fourth-order valence-electron chi connectivity index (χ4n) is 2.08. The quantitative estimate of drug-likeness (QED) is 0.920. The molecule has 2 rings (SSSR count). The Bertz CT molecular complexity index is 671. The molecule has 1 unspecified atom stereocenters. The van der Waals surface area contributed by atoms with Gasteiger partial charge in [-0.3, -0.25) is 0 Å². The van der Waals surface area contributed by atoms with Crippen molar-refractivity contribution < 1.29 is 12.8 Å². The third kappa shape index (κ3) is 3.23. The first kappa shape index (κ1) is 14.7. The molecule has 0 bridgehead atoms. The largest absolute Gasteiger partial charge is 0.330 e. The van der Waals surface area contributed by atoms with Crippen LogP contribution in [-0.2, 0) is 9.84 Å². The zero-order valence-electron chi connectivity index (χ0n) is 10.9. The van der Waals surface area contributed by atoms with Gasteiger partial charge in [0, 0.05) is 12.5 Å². The van der Waals surface area contributed by atoms with Gasteiger partial charge < -0.3 is 5.73 Å². The van der Waals surface area contributed by atoms with Gasteiger partial charge in [-0.05, 0) is 17.7 Å². The summed E-state index contributed by atoms with van der Waals surface area (Å²) >= 11 is 0. The Kier molecular flexibility index (Phi) is 4.52. The van der Waals surface area contributed by atoms with E-state index in [0.717, 1.165) is 11.6 Å². The van der Waals surface area contributed by atoms with Gasteiger partial charge >= 0.3 is 0 Å². The molecular weight excluding hydrogens is 277 g/mol. The van der Waals surface area contributed by atoms with Crippen LogP contribution in [0, 0.1) is 5.82 Å². The maximum Gasteiger partial charge on any atom is 0.181 e. The van der Waals surface area contributed by atoms with E-state index in [-0.39, 0.29) is 23.1 Å². The van der Waals surface area contributed by atoms with Crippen molar-refractivity contribution in [2.24, 2.45) is 5.73 Å². The number of hydrogen-bond acceptors (Lipinski definition) is 3. The predicted molar refractivity (Wildman–Crippen MR) is 76.7 cm³/mol. The minimum absolute atomic E-state index is 0.192. The summed E-state index contributed by atoms with van der Waals surface area (Å²) in [6, 6.07) is 14.6. The van der Waals surface area contributed by atoms with Gasteiger partial charge in [0.2, 0.25) is 0 Å². The first-order valence-electron chi connectivity index (χ1n) is 6.27. The zero-order chi connectivity index (χ0) is 14.6. The van der Waals surface area contributed by atoms with Gasteiger partial charge in [-0.25, -0.2) is 12.8 Å². The number of halogens is 1. The Hall–Kier alpha value is -1.72. The van der Waals surface area contributed by atoms with Crippen molar-refractivity contribution in [1.29, 1.82) is 0 Å². The van der Waals surface area contributed by atoms with E-state index in [1.807, 2.05) is 30.3 Å². The highest BCUT2D eigenvalue weighted by Crippen LogP contribution is 2.22. The molecule has 0 saturated carbocycles.